The minimum Gasteiger partial charge on any atom is -0.340 e. The fourth-order valence-electron chi connectivity index (χ4n) is 2.35. The van der Waals surface area contributed by atoms with Crippen molar-refractivity contribution in [1.82, 2.24) is 5.32 Å². The molecule has 9 heteroatoms. The molecule has 2 amide bonds. The molecular formula is C18H20ClN3O4S. The van der Waals surface area contributed by atoms with Gasteiger partial charge in [0, 0.05) is 5.69 Å². The molecule has 2 aromatic carbocycles. The Labute approximate surface area is 163 Å². The Morgan fingerprint density at radius 1 is 1.15 bits per heavy atom. The molecule has 0 radical (unpaired) electrons. The highest BCUT2D eigenvalue weighted by Gasteiger charge is 2.20. The third kappa shape index (κ3) is 5.06. The monoisotopic (exact) mass is 409 g/mol. The Hall–Kier alpha value is -2.42. The summed E-state index contributed by atoms with van der Waals surface area (Å²) in [6.45, 7) is 4.96. The van der Waals surface area contributed by atoms with Gasteiger partial charge in [-0.05, 0) is 56.2 Å². The predicted molar refractivity (Wildman–Crippen MR) is 104 cm³/mol. The molecule has 0 heterocycles. The van der Waals surface area contributed by atoms with Crippen molar-refractivity contribution >= 4 is 39.1 Å². The summed E-state index contributed by atoms with van der Waals surface area (Å²) < 4.78 is 23.2. The van der Waals surface area contributed by atoms with Gasteiger partial charge in [-0.25, -0.2) is 13.6 Å². The van der Waals surface area contributed by atoms with Crippen LogP contribution in [-0.2, 0) is 14.8 Å². The van der Waals surface area contributed by atoms with Crippen LogP contribution in [0.15, 0.2) is 41.3 Å². The van der Waals surface area contributed by atoms with Crippen molar-refractivity contribution in [2.24, 2.45) is 5.14 Å². The van der Waals surface area contributed by atoms with Crippen LogP contribution < -0.4 is 15.8 Å². The van der Waals surface area contributed by atoms with Crippen molar-refractivity contribution in [2.45, 2.75) is 31.7 Å². The number of nitrogens with two attached hydrogens (primary N) is 1. The summed E-state index contributed by atoms with van der Waals surface area (Å²) in [5.74, 6) is -1.00. The average Bonchev–Trinajstić information content (AvgIpc) is 2.57. The van der Waals surface area contributed by atoms with Gasteiger partial charge in [-0.3, -0.25) is 9.59 Å². The highest BCUT2D eigenvalue weighted by molar-refractivity contribution is 7.89. The molecule has 7 nitrogen and oxygen atoms in total. The minimum atomic E-state index is -3.92. The van der Waals surface area contributed by atoms with Gasteiger partial charge in [0.25, 0.3) is 5.91 Å². The van der Waals surface area contributed by atoms with Crippen LogP contribution in [0.4, 0.5) is 5.69 Å². The first-order chi connectivity index (χ1) is 12.5. The predicted octanol–water partition coefficient (Wildman–Crippen LogP) is 2.36. The van der Waals surface area contributed by atoms with Gasteiger partial charge >= 0.3 is 0 Å². The lowest BCUT2D eigenvalue weighted by molar-refractivity contribution is -0.117. The summed E-state index contributed by atoms with van der Waals surface area (Å²) >= 11 is 5.98. The van der Waals surface area contributed by atoms with Crippen molar-refractivity contribution in [3.05, 3.63) is 58.1 Å². The van der Waals surface area contributed by atoms with E-state index in [0.717, 1.165) is 0 Å². The molecule has 0 aliphatic rings. The van der Waals surface area contributed by atoms with Gasteiger partial charge in [0.15, 0.2) is 0 Å². The lowest BCUT2D eigenvalue weighted by Crippen LogP contribution is -2.41. The molecule has 0 aliphatic heterocycles. The molecule has 1 atom stereocenters. The van der Waals surface area contributed by atoms with Crippen LogP contribution in [0.3, 0.4) is 0 Å². The zero-order valence-electron chi connectivity index (χ0n) is 15.0. The molecule has 2 aromatic rings. The van der Waals surface area contributed by atoms with Crippen LogP contribution in [-0.4, -0.2) is 26.3 Å². The van der Waals surface area contributed by atoms with E-state index < -0.39 is 27.9 Å². The first-order valence-electron chi connectivity index (χ1n) is 8.01. The molecule has 0 bridgehead atoms. The van der Waals surface area contributed by atoms with Crippen molar-refractivity contribution in [1.29, 1.82) is 0 Å². The van der Waals surface area contributed by atoms with E-state index in [4.69, 9.17) is 16.7 Å². The van der Waals surface area contributed by atoms with Gasteiger partial charge in [-0.1, -0.05) is 23.7 Å². The first kappa shape index (κ1) is 20.9. The number of hydrogen-bond donors (Lipinski definition) is 3. The summed E-state index contributed by atoms with van der Waals surface area (Å²) in [7, 11) is -3.92. The zero-order chi connectivity index (χ0) is 20.4. The number of anilines is 1. The summed E-state index contributed by atoms with van der Waals surface area (Å²) in [4.78, 5) is 24.6. The van der Waals surface area contributed by atoms with E-state index >= 15 is 0 Å². The topological polar surface area (TPSA) is 118 Å². The highest BCUT2D eigenvalue weighted by atomic mass is 35.5. The van der Waals surface area contributed by atoms with E-state index in [-0.39, 0.29) is 15.5 Å². The van der Waals surface area contributed by atoms with Crippen LogP contribution in [0, 0.1) is 13.8 Å². The second-order valence-electron chi connectivity index (χ2n) is 6.12. The lowest BCUT2D eigenvalue weighted by atomic mass is 10.1. The normalized spacial score (nSPS) is 12.3. The van der Waals surface area contributed by atoms with Gasteiger partial charge < -0.3 is 10.6 Å². The number of hydrogen-bond acceptors (Lipinski definition) is 4. The maximum Gasteiger partial charge on any atom is 0.253 e. The van der Waals surface area contributed by atoms with E-state index in [1.807, 2.05) is 0 Å². The molecule has 0 saturated carbocycles. The largest absolute Gasteiger partial charge is 0.340 e. The van der Waals surface area contributed by atoms with Crippen molar-refractivity contribution in [3.8, 4) is 0 Å². The Kier molecular flexibility index (Phi) is 6.25. The van der Waals surface area contributed by atoms with Crippen LogP contribution in [0.25, 0.3) is 0 Å². The zero-order valence-corrected chi connectivity index (χ0v) is 16.6. The van der Waals surface area contributed by atoms with E-state index in [9.17, 15) is 18.0 Å². The molecular weight excluding hydrogens is 390 g/mol. The van der Waals surface area contributed by atoms with Gasteiger partial charge in [-0.15, -0.1) is 0 Å². The second kappa shape index (κ2) is 8.08. The van der Waals surface area contributed by atoms with Gasteiger partial charge in [-0.2, -0.15) is 0 Å². The van der Waals surface area contributed by atoms with Crippen LogP contribution >= 0.6 is 11.6 Å². The van der Waals surface area contributed by atoms with Gasteiger partial charge in [0.2, 0.25) is 15.9 Å². The molecule has 1 unspecified atom stereocenters. The van der Waals surface area contributed by atoms with E-state index in [0.29, 0.717) is 16.8 Å². The van der Waals surface area contributed by atoms with E-state index in [1.54, 1.807) is 38.1 Å². The van der Waals surface area contributed by atoms with Crippen LogP contribution in [0.1, 0.15) is 28.4 Å². The molecule has 2 rings (SSSR count). The summed E-state index contributed by atoms with van der Waals surface area (Å²) in [6.07, 6.45) is 0. The highest BCUT2D eigenvalue weighted by Crippen LogP contribution is 2.23. The fraction of sp³-hybridized carbons (Fsp3) is 0.222. The fourth-order valence-corrected chi connectivity index (χ4v) is 3.19. The number of carbonyl (C=O) groups is 2. The Morgan fingerprint density at radius 3 is 2.37 bits per heavy atom. The Bertz CT molecular complexity index is 1010. The lowest BCUT2D eigenvalue weighted by Gasteiger charge is -2.17. The SMILES string of the molecule is Cc1cc(S(N)(=O)=O)cc(NC(=O)C(C)NC(=O)c2ccccc2Cl)c1C. The number of amides is 2. The minimum absolute atomic E-state index is 0.103. The number of primary sulfonamides is 1. The first-order valence-corrected chi connectivity index (χ1v) is 9.93. The second-order valence-corrected chi connectivity index (χ2v) is 8.09. The van der Waals surface area contributed by atoms with E-state index in [2.05, 4.69) is 10.6 Å². The third-order valence-corrected chi connectivity index (χ3v) is 5.31. The number of benzene rings is 2. The van der Waals surface area contributed by atoms with Gasteiger partial charge in [0.05, 0.1) is 15.5 Å². The number of aryl methyl sites for hydroxylation is 1. The number of sulfonamides is 1. The maximum absolute atomic E-state index is 12.4. The Morgan fingerprint density at radius 2 is 1.78 bits per heavy atom. The molecule has 0 spiro atoms. The van der Waals surface area contributed by atoms with E-state index in [1.165, 1.54) is 19.1 Å². The van der Waals surface area contributed by atoms with Crippen molar-refractivity contribution in [2.75, 3.05) is 5.32 Å². The van der Waals surface area contributed by atoms with Crippen LogP contribution in [0.5, 0.6) is 0 Å². The summed E-state index contributed by atoms with van der Waals surface area (Å²) in [6, 6.07) is 8.32. The van der Waals surface area contributed by atoms with Gasteiger partial charge in [0.1, 0.15) is 6.04 Å². The maximum atomic E-state index is 12.4. The smallest absolute Gasteiger partial charge is 0.253 e. The average molecular weight is 410 g/mol. The molecule has 4 N–H and O–H groups in total. The van der Waals surface area contributed by atoms with Crippen molar-refractivity contribution < 1.29 is 18.0 Å². The standard InChI is InChI=1S/C18H20ClN3O4S/c1-10-8-13(27(20,25)26)9-16(11(10)2)22-17(23)12(3)21-18(24)14-6-4-5-7-15(14)19/h4-9,12H,1-3H3,(H,21,24)(H,22,23)(H2,20,25,26). The number of rotatable bonds is 5. The third-order valence-electron chi connectivity index (χ3n) is 4.09. The molecule has 0 aliphatic carbocycles. The summed E-state index contributed by atoms with van der Waals surface area (Å²) in [5, 5.41) is 10.6. The number of halogens is 1. The number of nitrogens with one attached hydrogen (secondary N) is 2. The van der Waals surface area contributed by atoms with Crippen LogP contribution in [0.2, 0.25) is 5.02 Å². The summed E-state index contributed by atoms with van der Waals surface area (Å²) in [5.41, 5.74) is 1.91. The molecule has 0 saturated heterocycles. The Balaban J connectivity index is 2.18. The molecule has 144 valence electrons. The number of carbonyl (C=O) groups excluding carboxylic acids is 2. The molecule has 0 fully saturated rings. The molecule has 0 aromatic heterocycles. The molecule has 27 heavy (non-hydrogen) atoms. The quantitative estimate of drug-likeness (QED) is 0.702. The van der Waals surface area contributed by atoms with Crippen molar-refractivity contribution in [3.63, 3.8) is 0 Å².